The van der Waals surface area contributed by atoms with Gasteiger partial charge in [-0.25, -0.2) is 18.1 Å². The molecule has 8 heteroatoms. The van der Waals surface area contributed by atoms with Crippen molar-refractivity contribution in [2.45, 2.75) is 37.0 Å². The standard InChI is InChI=1S/C16H21N3O3S2/c1-22-13-5-2-6-14-15(13)17-16(23-14)19-9-3-4-11(10-19)18-24(20,21)12-7-8-12/h2,5-6,11-12,18H,3-4,7-10H2,1H3. The number of nitrogens with zero attached hydrogens (tertiary/aromatic N) is 2. The van der Waals surface area contributed by atoms with Crippen molar-refractivity contribution in [1.82, 2.24) is 9.71 Å². The van der Waals surface area contributed by atoms with Crippen molar-refractivity contribution in [3.05, 3.63) is 18.2 Å². The van der Waals surface area contributed by atoms with Crippen molar-refractivity contribution in [2.24, 2.45) is 0 Å². The Labute approximate surface area is 145 Å². The second-order valence-corrected chi connectivity index (χ2v) is 9.45. The quantitative estimate of drug-likeness (QED) is 0.878. The zero-order chi connectivity index (χ0) is 16.7. The molecule has 1 unspecified atom stereocenters. The normalized spacial score (nSPS) is 22.0. The van der Waals surface area contributed by atoms with Gasteiger partial charge in [-0.15, -0.1) is 0 Å². The van der Waals surface area contributed by atoms with E-state index >= 15 is 0 Å². The second-order valence-electron chi connectivity index (χ2n) is 6.45. The predicted octanol–water partition coefficient (Wildman–Crippen LogP) is 2.36. The lowest BCUT2D eigenvalue weighted by molar-refractivity contribution is 0.419. The van der Waals surface area contributed by atoms with Gasteiger partial charge in [-0.05, 0) is 37.8 Å². The van der Waals surface area contributed by atoms with E-state index in [1.165, 1.54) is 0 Å². The van der Waals surface area contributed by atoms with Crippen LogP contribution in [0.3, 0.4) is 0 Å². The lowest BCUT2D eigenvalue weighted by atomic mass is 10.1. The van der Waals surface area contributed by atoms with Crippen molar-refractivity contribution in [1.29, 1.82) is 0 Å². The summed E-state index contributed by atoms with van der Waals surface area (Å²) < 4.78 is 33.7. The van der Waals surface area contributed by atoms with Gasteiger partial charge in [-0.3, -0.25) is 0 Å². The first kappa shape index (κ1) is 16.1. The molecule has 4 rings (SSSR count). The Morgan fingerprint density at radius 3 is 2.92 bits per heavy atom. The maximum absolute atomic E-state index is 12.2. The van der Waals surface area contributed by atoms with Crippen molar-refractivity contribution in [3.8, 4) is 5.75 Å². The number of anilines is 1. The van der Waals surface area contributed by atoms with Crippen LogP contribution in [-0.4, -0.2) is 44.9 Å². The molecule has 2 aromatic rings. The Balaban J connectivity index is 1.53. The van der Waals surface area contributed by atoms with Crippen molar-refractivity contribution < 1.29 is 13.2 Å². The van der Waals surface area contributed by atoms with Gasteiger partial charge < -0.3 is 9.64 Å². The summed E-state index contributed by atoms with van der Waals surface area (Å²) in [7, 11) is -1.49. The molecular formula is C16H21N3O3S2. The number of hydrogen-bond donors (Lipinski definition) is 1. The van der Waals surface area contributed by atoms with Gasteiger partial charge in [0.25, 0.3) is 0 Å². The topological polar surface area (TPSA) is 71.5 Å². The van der Waals surface area contributed by atoms with Crippen LogP contribution in [0.4, 0.5) is 5.13 Å². The molecule has 2 heterocycles. The summed E-state index contributed by atoms with van der Waals surface area (Å²) in [5.41, 5.74) is 0.876. The number of sulfonamides is 1. The molecule has 1 aliphatic carbocycles. The van der Waals surface area contributed by atoms with Gasteiger partial charge in [0.1, 0.15) is 11.3 Å². The fourth-order valence-corrected chi connectivity index (χ4v) is 5.79. The molecular weight excluding hydrogens is 346 g/mol. The number of para-hydroxylation sites is 1. The molecule has 0 bridgehead atoms. The van der Waals surface area contributed by atoms with Crippen LogP contribution in [0, 0.1) is 0 Å². The third-order valence-corrected chi connectivity index (χ3v) is 7.67. The zero-order valence-corrected chi connectivity index (χ0v) is 15.2. The van der Waals surface area contributed by atoms with Crippen LogP contribution in [-0.2, 0) is 10.0 Å². The summed E-state index contributed by atoms with van der Waals surface area (Å²) in [5.74, 6) is 0.776. The number of rotatable bonds is 5. The molecule has 130 valence electrons. The van der Waals surface area contributed by atoms with E-state index in [-0.39, 0.29) is 11.3 Å². The predicted molar refractivity (Wildman–Crippen MR) is 96.5 cm³/mol. The molecule has 1 aromatic heterocycles. The monoisotopic (exact) mass is 367 g/mol. The van der Waals surface area contributed by atoms with Crippen LogP contribution in [0.2, 0.25) is 0 Å². The van der Waals surface area contributed by atoms with Gasteiger partial charge in [0.15, 0.2) is 5.13 Å². The number of aromatic nitrogens is 1. The minimum absolute atomic E-state index is 0.0294. The van der Waals surface area contributed by atoms with Gasteiger partial charge >= 0.3 is 0 Å². The molecule has 2 aliphatic rings. The third kappa shape index (κ3) is 3.10. The smallest absolute Gasteiger partial charge is 0.214 e. The maximum Gasteiger partial charge on any atom is 0.214 e. The highest BCUT2D eigenvalue weighted by Gasteiger charge is 2.37. The third-order valence-electron chi connectivity index (χ3n) is 4.58. The Bertz CT molecular complexity index is 845. The largest absolute Gasteiger partial charge is 0.494 e. The minimum atomic E-state index is -3.14. The van der Waals surface area contributed by atoms with E-state index in [0.29, 0.717) is 6.54 Å². The van der Waals surface area contributed by atoms with Gasteiger partial charge in [0, 0.05) is 19.1 Å². The fourth-order valence-electron chi connectivity index (χ4n) is 3.17. The van der Waals surface area contributed by atoms with Crippen LogP contribution in [0.15, 0.2) is 18.2 Å². The molecule has 6 nitrogen and oxygen atoms in total. The van der Waals surface area contributed by atoms with Gasteiger partial charge in [0.05, 0.1) is 17.1 Å². The van der Waals surface area contributed by atoms with Crippen molar-refractivity contribution in [2.75, 3.05) is 25.1 Å². The van der Waals surface area contributed by atoms with Gasteiger partial charge in [0.2, 0.25) is 10.0 Å². The molecule has 1 atom stereocenters. The van der Waals surface area contributed by atoms with Gasteiger partial charge in [-0.2, -0.15) is 0 Å². The highest BCUT2D eigenvalue weighted by atomic mass is 32.2. The second kappa shape index (κ2) is 6.16. The number of thiazole rings is 1. The van der Waals surface area contributed by atoms with E-state index in [1.54, 1.807) is 18.4 Å². The first-order valence-corrected chi connectivity index (χ1v) is 10.6. The SMILES string of the molecule is COc1cccc2sc(N3CCCC(NS(=O)(=O)C4CC4)C3)nc12. The average molecular weight is 367 g/mol. The molecule has 1 N–H and O–H groups in total. The molecule has 0 amide bonds. The number of ether oxygens (including phenoxy) is 1. The fraction of sp³-hybridized carbons (Fsp3) is 0.562. The Kier molecular flexibility index (Phi) is 4.14. The minimum Gasteiger partial charge on any atom is -0.494 e. The molecule has 0 radical (unpaired) electrons. The summed E-state index contributed by atoms with van der Waals surface area (Å²) in [6, 6.07) is 5.88. The first-order valence-electron chi connectivity index (χ1n) is 8.26. The van der Waals surface area contributed by atoms with Crippen LogP contribution >= 0.6 is 11.3 Å². The average Bonchev–Trinajstić information content (AvgIpc) is 3.34. The maximum atomic E-state index is 12.2. The number of fused-ring (bicyclic) bond motifs is 1. The molecule has 1 aliphatic heterocycles. The lowest BCUT2D eigenvalue weighted by Gasteiger charge is -2.32. The molecule has 0 spiro atoms. The number of methoxy groups -OCH3 is 1. The Hall–Kier alpha value is -1.38. The molecule has 24 heavy (non-hydrogen) atoms. The first-order chi connectivity index (χ1) is 11.6. The summed E-state index contributed by atoms with van der Waals surface area (Å²) in [5, 5.41) is 0.768. The van der Waals surface area contributed by atoms with Crippen LogP contribution < -0.4 is 14.4 Å². The summed E-state index contributed by atoms with van der Waals surface area (Å²) in [6.07, 6.45) is 3.44. The van der Waals surface area contributed by atoms with E-state index in [2.05, 4.69) is 9.62 Å². The van der Waals surface area contributed by atoms with E-state index in [1.807, 2.05) is 18.2 Å². The highest BCUT2D eigenvalue weighted by molar-refractivity contribution is 7.90. The van der Waals surface area contributed by atoms with E-state index < -0.39 is 10.0 Å². The van der Waals surface area contributed by atoms with E-state index in [9.17, 15) is 8.42 Å². The summed E-state index contributed by atoms with van der Waals surface area (Å²) in [4.78, 5) is 6.92. The van der Waals surface area contributed by atoms with Crippen molar-refractivity contribution in [3.63, 3.8) is 0 Å². The van der Waals surface area contributed by atoms with Crippen molar-refractivity contribution >= 4 is 36.7 Å². The number of piperidine rings is 1. The summed E-state index contributed by atoms with van der Waals surface area (Å²) >= 11 is 1.63. The molecule has 1 saturated carbocycles. The van der Waals surface area contributed by atoms with Crippen LogP contribution in [0.25, 0.3) is 10.2 Å². The number of benzene rings is 1. The zero-order valence-electron chi connectivity index (χ0n) is 13.6. The molecule has 1 saturated heterocycles. The lowest BCUT2D eigenvalue weighted by Crippen LogP contribution is -2.48. The number of nitrogens with one attached hydrogen (secondary N) is 1. The van der Waals surface area contributed by atoms with Crippen LogP contribution in [0.1, 0.15) is 25.7 Å². The van der Waals surface area contributed by atoms with E-state index in [0.717, 1.165) is 53.3 Å². The highest BCUT2D eigenvalue weighted by Crippen LogP contribution is 2.35. The molecule has 2 fully saturated rings. The Morgan fingerprint density at radius 2 is 2.17 bits per heavy atom. The van der Waals surface area contributed by atoms with Crippen LogP contribution in [0.5, 0.6) is 5.75 Å². The molecule has 1 aromatic carbocycles. The number of hydrogen-bond acceptors (Lipinski definition) is 6. The van der Waals surface area contributed by atoms with Gasteiger partial charge in [-0.1, -0.05) is 17.4 Å². The summed E-state index contributed by atoms with van der Waals surface area (Å²) in [6.45, 7) is 1.58. The van der Waals surface area contributed by atoms with E-state index in [4.69, 9.17) is 9.72 Å². The Morgan fingerprint density at radius 1 is 1.33 bits per heavy atom.